The van der Waals surface area contributed by atoms with Gasteiger partial charge in [-0.3, -0.25) is 9.69 Å². The van der Waals surface area contributed by atoms with Crippen molar-refractivity contribution >= 4 is 22.4 Å². The lowest BCUT2D eigenvalue weighted by Crippen LogP contribution is -2.34. The maximum Gasteiger partial charge on any atom is 0.230 e. The van der Waals surface area contributed by atoms with Crippen LogP contribution in [0.25, 0.3) is 0 Å². The Labute approximate surface area is 146 Å². The molecule has 2 unspecified atom stereocenters. The third kappa shape index (κ3) is 4.01. The molecule has 1 aromatic carbocycles. The molecule has 0 saturated heterocycles. The van der Waals surface area contributed by atoms with Gasteiger partial charge in [0.1, 0.15) is 0 Å². The fourth-order valence-electron chi connectivity index (χ4n) is 2.74. The summed E-state index contributed by atoms with van der Waals surface area (Å²) < 4.78 is 0. The lowest BCUT2D eigenvalue weighted by atomic mass is 10.0. The number of nitrogens with two attached hydrogens (primary N) is 1. The average molecular weight is 344 g/mol. The van der Waals surface area contributed by atoms with Crippen molar-refractivity contribution in [2.24, 2.45) is 11.7 Å². The smallest absolute Gasteiger partial charge is 0.230 e. The number of nitrogens with zero attached hydrogens (tertiary/aromatic N) is 2. The first-order valence-electron chi connectivity index (χ1n) is 8.34. The van der Waals surface area contributed by atoms with Gasteiger partial charge in [0.05, 0.1) is 11.6 Å². The average Bonchev–Trinajstić information content (AvgIpc) is 2.96. The van der Waals surface area contributed by atoms with E-state index in [1.165, 1.54) is 10.4 Å². The van der Waals surface area contributed by atoms with Gasteiger partial charge in [-0.15, -0.1) is 11.3 Å². The third-order valence-electron chi connectivity index (χ3n) is 4.49. The summed E-state index contributed by atoms with van der Waals surface area (Å²) in [6.45, 7) is 6.52. The van der Waals surface area contributed by atoms with Crippen LogP contribution in [-0.2, 0) is 24.3 Å². The number of thiazole rings is 1. The molecule has 1 amide bonds. The number of fused-ring (bicyclic) bond motifs is 1. The van der Waals surface area contributed by atoms with Gasteiger partial charge < -0.3 is 11.1 Å². The largest absolute Gasteiger partial charge is 0.327 e. The molecular formula is C18H24N4OS. The Morgan fingerprint density at radius 1 is 1.38 bits per heavy atom. The van der Waals surface area contributed by atoms with E-state index in [2.05, 4.69) is 39.5 Å². The number of nitrogens with one attached hydrogen (secondary N) is 1. The van der Waals surface area contributed by atoms with Crippen molar-refractivity contribution in [3.05, 3.63) is 46.5 Å². The van der Waals surface area contributed by atoms with Gasteiger partial charge in [-0.2, -0.15) is 0 Å². The fourth-order valence-corrected chi connectivity index (χ4v) is 3.79. The minimum absolute atomic E-state index is 0.0581. The molecule has 3 rings (SSSR count). The van der Waals surface area contributed by atoms with Crippen LogP contribution >= 0.6 is 11.3 Å². The van der Waals surface area contributed by atoms with Gasteiger partial charge in [0.25, 0.3) is 0 Å². The van der Waals surface area contributed by atoms with Crippen LogP contribution in [0.5, 0.6) is 0 Å². The second kappa shape index (κ2) is 7.42. The van der Waals surface area contributed by atoms with Gasteiger partial charge in [-0.05, 0) is 12.5 Å². The number of amides is 1. The molecule has 3 N–H and O–H groups in total. The van der Waals surface area contributed by atoms with E-state index in [0.717, 1.165) is 31.7 Å². The quantitative estimate of drug-likeness (QED) is 0.875. The van der Waals surface area contributed by atoms with Gasteiger partial charge in [0, 0.05) is 37.0 Å². The SMILES string of the molecule is CC(N)C(C)C(=O)Nc1nc2c(s1)CN(Cc1ccccc1)CC2. The van der Waals surface area contributed by atoms with E-state index in [4.69, 9.17) is 5.73 Å². The number of carbonyl (C=O) groups excluding carboxylic acids is 1. The molecule has 2 atom stereocenters. The molecule has 24 heavy (non-hydrogen) atoms. The number of aromatic nitrogens is 1. The first-order valence-corrected chi connectivity index (χ1v) is 9.16. The van der Waals surface area contributed by atoms with E-state index in [1.807, 2.05) is 19.9 Å². The topological polar surface area (TPSA) is 71.2 Å². The van der Waals surface area contributed by atoms with Crippen LogP contribution in [0.2, 0.25) is 0 Å². The predicted octanol–water partition coefficient (Wildman–Crippen LogP) is 2.62. The number of anilines is 1. The molecule has 0 fully saturated rings. The summed E-state index contributed by atoms with van der Waals surface area (Å²) in [5.41, 5.74) is 8.24. The van der Waals surface area contributed by atoms with Crippen LogP contribution in [0.3, 0.4) is 0 Å². The molecule has 0 spiro atoms. The zero-order valence-electron chi connectivity index (χ0n) is 14.2. The number of hydrogen-bond donors (Lipinski definition) is 2. The molecular weight excluding hydrogens is 320 g/mol. The van der Waals surface area contributed by atoms with E-state index in [-0.39, 0.29) is 17.9 Å². The van der Waals surface area contributed by atoms with Gasteiger partial charge >= 0.3 is 0 Å². The monoisotopic (exact) mass is 344 g/mol. The van der Waals surface area contributed by atoms with Crippen LogP contribution in [0, 0.1) is 5.92 Å². The highest BCUT2D eigenvalue weighted by molar-refractivity contribution is 7.15. The summed E-state index contributed by atoms with van der Waals surface area (Å²) in [4.78, 5) is 20.4. The number of benzene rings is 1. The van der Waals surface area contributed by atoms with E-state index < -0.39 is 0 Å². The van der Waals surface area contributed by atoms with Crippen molar-refractivity contribution in [3.8, 4) is 0 Å². The van der Waals surface area contributed by atoms with Crippen LogP contribution in [0.1, 0.15) is 30.0 Å². The zero-order chi connectivity index (χ0) is 17.1. The van der Waals surface area contributed by atoms with Crippen molar-refractivity contribution in [2.75, 3.05) is 11.9 Å². The molecule has 6 heteroatoms. The second-order valence-electron chi connectivity index (χ2n) is 6.47. The van der Waals surface area contributed by atoms with Gasteiger partial charge in [-0.1, -0.05) is 37.3 Å². The highest BCUT2D eigenvalue weighted by atomic mass is 32.1. The Morgan fingerprint density at radius 2 is 2.12 bits per heavy atom. The lowest BCUT2D eigenvalue weighted by Gasteiger charge is -2.25. The summed E-state index contributed by atoms with van der Waals surface area (Å²) in [5.74, 6) is -0.280. The minimum Gasteiger partial charge on any atom is -0.327 e. The van der Waals surface area contributed by atoms with Gasteiger partial charge in [0.2, 0.25) is 5.91 Å². The molecule has 0 radical (unpaired) electrons. The number of hydrogen-bond acceptors (Lipinski definition) is 5. The Kier molecular flexibility index (Phi) is 5.28. The summed E-state index contributed by atoms with van der Waals surface area (Å²) in [6.07, 6.45) is 0.928. The third-order valence-corrected chi connectivity index (χ3v) is 5.49. The maximum absolute atomic E-state index is 12.1. The summed E-state index contributed by atoms with van der Waals surface area (Å²) >= 11 is 1.58. The normalized spacial score (nSPS) is 17.1. The molecule has 1 aromatic heterocycles. The first kappa shape index (κ1) is 17.1. The maximum atomic E-state index is 12.1. The van der Waals surface area contributed by atoms with E-state index in [0.29, 0.717) is 5.13 Å². The van der Waals surface area contributed by atoms with E-state index >= 15 is 0 Å². The van der Waals surface area contributed by atoms with Crippen LogP contribution in [0.15, 0.2) is 30.3 Å². The first-order chi connectivity index (χ1) is 11.5. The van der Waals surface area contributed by atoms with Crippen LogP contribution in [-0.4, -0.2) is 28.4 Å². The molecule has 0 saturated carbocycles. The molecule has 2 heterocycles. The Morgan fingerprint density at radius 3 is 2.83 bits per heavy atom. The molecule has 128 valence electrons. The molecule has 0 aliphatic carbocycles. The number of carbonyl (C=O) groups is 1. The standard InChI is InChI=1S/C18H24N4OS/c1-12(13(2)19)17(23)21-18-20-15-8-9-22(11-16(15)24-18)10-14-6-4-3-5-7-14/h3-7,12-13H,8-11,19H2,1-2H3,(H,20,21,23). The predicted molar refractivity (Wildman–Crippen MR) is 97.8 cm³/mol. The Hall–Kier alpha value is -1.76. The van der Waals surface area contributed by atoms with Crippen molar-refractivity contribution < 1.29 is 4.79 Å². The van der Waals surface area contributed by atoms with Gasteiger partial charge in [0.15, 0.2) is 5.13 Å². The Balaban J connectivity index is 1.63. The molecule has 5 nitrogen and oxygen atoms in total. The molecule has 2 aromatic rings. The molecule has 1 aliphatic rings. The van der Waals surface area contributed by atoms with Crippen molar-refractivity contribution in [2.45, 2.75) is 39.4 Å². The van der Waals surface area contributed by atoms with Crippen LogP contribution < -0.4 is 11.1 Å². The second-order valence-corrected chi connectivity index (χ2v) is 7.56. The summed E-state index contributed by atoms with van der Waals surface area (Å²) in [5, 5.41) is 3.61. The van der Waals surface area contributed by atoms with E-state index in [9.17, 15) is 4.79 Å². The van der Waals surface area contributed by atoms with Crippen molar-refractivity contribution in [1.29, 1.82) is 0 Å². The zero-order valence-corrected chi connectivity index (χ0v) is 15.0. The molecule has 1 aliphatic heterocycles. The lowest BCUT2D eigenvalue weighted by molar-refractivity contribution is -0.119. The highest BCUT2D eigenvalue weighted by Crippen LogP contribution is 2.29. The fraction of sp³-hybridized carbons (Fsp3) is 0.444. The van der Waals surface area contributed by atoms with E-state index in [1.54, 1.807) is 11.3 Å². The van der Waals surface area contributed by atoms with Crippen LogP contribution in [0.4, 0.5) is 5.13 Å². The highest BCUT2D eigenvalue weighted by Gasteiger charge is 2.23. The summed E-state index contributed by atoms with van der Waals surface area (Å²) in [7, 11) is 0. The molecule has 0 bridgehead atoms. The van der Waals surface area contributed by atoms with Crippen molar-refractivity contribution in [1.82, 2.24) is 9.88 Å². The van der Waals surface area contributed by atoms with Gasteiger partial charge in [-0.25, -0.2) is 4.98 Å². The number of rotatable bonds is 5. The Bertz CT molecular complexity index is 698. The summed E-state index contributed by atoms with van der Waals surface area (Å²) in [6, 6.07) is 10.3. The minimum atomic E-state index is -0.222. The van der Waals surface area contributed by atoms with Crippen molar-refractivity contribution in [3.63, 3.8) is 0 Å².